The number of thioether (sulfide) groups is 1. The maximum absolute atomic E-state index is 12.8. The Labute approximate surface area is 146 Å². The number of amides is 1. The minimum Gasteiger partial charge on any atom is -0.325 e. The van der Waals surface area contributed by atoms with E-state index in [0.29, 0.717) is 21.6 Å². The Hall–Kier alpha value is -2.45. The summed E-state index contributed by atoms with van der Waals surface area (Å²) in [6.07, 6.45) is 0. The van der Waals surface area contributed by atoms with E-state index in [1.807, 2.05) is 6.07 Å². The number of rotatable bonds is 5. The molecule has 0 unspecified atom stereocenters. The number of tetrazole rings is 1. The van der Waals surface area contributed by atoms with Crippen molar-refractivity contribution in [2.45, 2.75) is 5.16 Å². The average molecular weight is 364 g/mol. The third-order valence-corrected chi connectivity index (χ3v) is 4.22. The van der Waals surface area contributed by atoms with Crippen LogP contribution in [0.25, 0.3) is 5.69 Å². The number of halogens is 2. The lowest BCUT2D eigenvalue weighted by molar-refractivity contribution is -0.113. The van der Waals surface area contributed by atoms with Crippen molar-refractivity contribution < 1.29 is 9.18 Å². The van der Waals surface area contributed by atoms with Crippen LogP contribution in [0.1, 0.15) is 0 Å². The summed E-state index contributed by atoms with van der Waals surface area (Å²) in [6, 6.07) is 12.7. The third-order valence-electron chi connectivity index (χ3n) is 2.98. The lowest BCUT2D eigenvalue weighted by Crippen LogP contribution is -2.14. The van der Waals surface area contributed by atoms with Gasteiger partial charge in [0.25, 0.3) is 0 Å². The molecule has 0 aliphatic rings. The summed E-state index contributed by atoms with van der Waals surface area (Å²) in [6.45, 7) is 0. The molecule has 2 aromatic carbocycles. The van der Waals surface area contributed by atoms with Crippen molar-refractivity contribution in [3.63, 3.8) is 0 Å². The van der Waals surface area contributed by atoms with Gasteiger partial charge < -0.3 is 5.32 Å². The minimum absolute atomic E-state index is 0.0994. The first-order valence-electron chi connectivity index (χ1n) is 6.85. The maximum atomic E-state index is 12.8. The summed E-state index contributed by atoms with van der Waals surface area (Å²) < 4.78 is 14.3. The number of anilines is 1. The van der Waals surface area contributed by atoms with E-state index in [-0.39, 0.29) is 17.5 Å². The van der Waals surface area contributed by atoms with Crippen molar-refractivity contribution >= 4 is 35.0 Å². The van der Waals surface area contributed by atoms with Gasteiger partial charge >= 0.3 is 0 Å². The highest BCUT2D eigenvalue weighted by Crippen LogP contribution is 2.23. The topological polar surface area (TPSA) is 72.7 Å². The van der Waals surface area contributed by atoms with Crippen LogP contribution < -0.4 is 5.32 Å². The molecule has 0 bridgehead atoms. The monoisotopic (exact) mass is 363 g/mol. The lowest BCUT2D eigenvalue weighted by atomic mass is 10.3. The Balaban J connectivity index is 1.65. The molecule has 0 saturated carbocycles. The second-order valence-electron chi connectivity index (χ2n) is 4.67. The average Bonchev–Trinajstić information content (AvgIpc) is 3.04. The molecular weight excluding hydrogens is 353 g/mol. The molecule has 0 saturated heterocycles. The van der Waals surface area contributed by atoms with Crippen LogP contribution in [0.15, 0.2) is 53.7 Å². The summed E-state index contributed by atoms with van der Waals surface area (Å²) in [5.74, 6) is -0.510. The van der Waals surface area contributed by atoms with E-state index < -0.39 is 0 Å². The van der Waals surface area contributed by atoms with E-state index in [0.717, 1.165) is 0 Å². The smallest absolute Gasteiger partial charge is 0.234 e. The lowest BCUT2D eigenvalue weighted by Gasteiger charge is -2.06. The van der Waals surface area contributed by atoms with Crippen LogP contribution >= 0.6 is 23.4 Å². The molecule has 3 rings (SSSR count). The van der Waals surface area contributed by atoms with E-state index in [9.17, 15) is 9.18 Å². The SMILES string of the molecule is O=C(CSc1nnnn1-c1ccccc1Cl)Nc1ccc(F)cc1. The van der Waals surface area contributed by atoms with Crippen LogP contribution in [-0.2, 0) is 4.79 Å². The molecule has 1 aromatic heterocycles. The van der Waals surface area contributed by atoms with E-state index >= 15 is 0 Å². The van der Waals surface area contributed by atoms with Crippen LogP contribution in [-0.4, -0.2) is 31.9 Å². The number of hydrogen-bond donors (Lipinski definition) is 1. The third kappa shape index (κ3) is 3.90. The van der Waals surface area contributed by atoms with Crippen molar-refractivity contribution in [3.05, 3.63) is 59.4 Å². The van der Waals surface area contributed by atoms with Crippen LogP contribution in [0.2, 0.25) is 5.02 Å². The molecular formula is C15H11ClFN5OS. The summed E-state index contributed by atoms with van der Waals surface area (Å²) in [5.41, 5.74) is 1.15. The number of hydrogen-bond acceptors (Lipinski definition) is 5. The van der Waals surface area contributed by atoms with Crippen LogP contribution in [0.4, 0.5) is 10.1 Å². The first-order valence-corrected chi connectivity index (χ1v) is 8.21. The molecule has 24 heavy (non-hydrogen) atoms. The molecule has 1 N–H and O–H groups in total. The fourth-order valence-corrected chi connectivity index (χ4v) is 2.80. The molecule has 0 spiro atoms. The molecule has 9 heteroatoms. The molecule has 1 amide bonds. The molecule has 0 aliphatic carbocycles. The highest BCUT2D eigenvalue weighted by molar-refractivity contribution is 7.99. The molecule has 0 fully saturated rings. The van der Waals surface area contributed by atoms with Gasteiger partial charge in [0, 0.05) is 5.69 Å². The van der Waals surface area contributed by atoms with E-state index in [2.05, 4.69) is 20.8 Å². The van der Waals surface area contributed by atoms with Gasteiger partial charge in [-0.15, -0.1) is 5.10 Å². The van der Waals surface area contributed by atoms with Gasteiger partial charge in [-0.2, -0.15) is 4.68 Å². The highest BCUT2D eigenvalue weighted by Gasteiger charge is 2.13. The number of nitrogens with zero attached hydrogens (tertiary/aromatic N) is 4. The quantitative estimate of drug-likeness (QED) is 0.705. The number of aromatic nitrogens is 4. The Bertz CT molecular complexity index is 855. The maximum Gasteiger partial charge on any atom is 0.234 e. The molecule has 122 valence electrons. The summed E-state index contributed by atoms with van der Waals surface area (Å²) in [5, 5.41) is 15.0. The van der Waals surface area contributed by atoms with Crippen molar-refractivity contribution in [1.29, 1.82) is 0 Å². The Morgan fingerprint density at radius 2 is 1.96 bits per heavy atom. The zero-order valence-electron chi connectivity index (χ0n) is 12.2. The number of nitrogens with one attached hydrogen (secondary N) is 1. The van der Waals surface area contributed by atoms with Gasteiger partial charge in [0.2, 0.25) is 11.1 Å². The number of carbonyl (C=O) groups is 1. The van der Waals surface area contributed by atoms with Gasteiger partial charge in [-0.3, -0.25) is 4.79 Å². The fourth-order valence-electron chi connectivity index (χ4n) is 1.90. The standard InChI is InChI=1S/C15H11ClFN5OS/c16-12-3-1-2-4-13(12)22-15(19-20-21-22)24-9-14(23)18-11-7-5-10(17)6-8-11/h1-8H,9H2,(H,18,23). The predicted octanol–water partition coefficient (Wildman–Crippen LogP) is 3.19. The van der Waals surface area contributed by atoms with Gasteiger partial charge in [-0.1, -0.05) is 35.5 Å². The molecule has 0 atom stereocenters. The zero-order chi connectivity index (χ0) is 16.9. The normalized spacial score (nSPS) is 10.6. The first kappa shape index (κ1) is 16.4. The second kappa shape index (κ2) is 7.41. The van der Waals surface area contributed by atoms with Gasteiger partial charge in [0.05, 0.1) is 16.5 Å². The molecule has 6 nitrogen and oxygen atoms in total. The molecule has 3 aromatic rings. The Morgan fingerprint density at radius 3 is 2.71 bits per heavy atom. The zero-order valence-corrected chi connectivity index (χ0v) is 13.8. The van der Waals surface area contributed by atoms with Gasteiger partial charge in [-0.05, 0) is 46.8 Å². The Morgan fingerprint density at radius 1 is 1.21 bits per heavy atom. The summed E-state index contributed by atoms with van der Waals surface area (Å²) in [7, 11) is 0. The van der Waals surface area contributed by atoms with Crippen molar-refractivity contribution in [1.82, 2.24) is 20.2 Å². The van der Waals surface area contributed by atoms with Crippen LogP contribution in [0.5, 0.6) is 0 Å². The predicted molar refractivity (Wildman–Crippen MR) is 89.9 cm³/mol. The van der Waals surface area contributed by atoms with E-state index in [1.165, 1.54) is 40.7 Å². The molecule has 0 radical (unpaired) electrons. The van der Waals surface area contributed by atoms with Crippen LogP contribution in [0, 0.1) is 5.82 Å². The van der Waals surface area contributed by atoms with E-state index in [1.54, 1.807) is 18.2 Å². The Kier molecular flexibility index (Phi) is 5.07. The van der Waals surface area contributed by atoms with Gasteiger partial charge in [-0.25, -0.2) is 4.39 Å². The second-order valence-corrected chi connectivity index (χ2v) is 6.02. The highest BCUT2D eigenvalue weighted by atomic mass is 35.5. The largest absolute Gasteiger partial charge is 0.325 e. The number of benzene rings is 2. The minimum atomic E-state index is -0.360. The van der Waals surface area contributed by atoms with Crippen molar-refractivity contribution in [2.24, 2.45) is 0 Å². The summed E-state index contributed by atoms with van der Waals surface area (Å²) in [4.78, 5) is 12.0. The van der Waals surface area contributed by atoms with Crippen molar-refractivity contribution in [3.8, 4) is 5.69 Å². The van der Waals surface area contributed by atoms with Crippen molar-refractivity contribution in [2.75, 3.05) is 11.1 Å². The van der Waals surface area contributed by atoms with Crippen LogP contribution in [0.3, 0.4) is 0 Å². The fraction of sp³-hybridized carbons (Fsp3) is 0.0667. The first-order chi connectivity index (χ1) is 11.6. The van der Waals surface area contributed by atoms with Gasteiger partial charge in [0.15, 0.2) is 0 Å². The number of para-hydroxylation sites is 1. The summed E-state index contributed by atoms with van der Waals surface area (Å²) >= 11 is 7.30. The van der Waals surface area contributed by atoms with Gasteiger partial charge in [0.1, 0.15) is 5.82 Å². The van der Waals surface area contributed by atoms with E-state index in [4.69, 9.17) is 11.6 Å². The molecule has 1 heterocycles. The number of carbonyl (C=O) groups excluding carboxylic acids is 1. The molecule has 0 aliphatic heterocycles.